The van der Waals surface area contributed by atoms with Crippen LogP contribution in [0, 0.1) is 0 Å². The first-order valence-electron chi connectivity index (χ1n) is 4.16. The maximum absolute atomic E-state index is 12.4. The lowest BCUT2D eigenvalue weighted by atomic mass is 9.80. The second kappa shape index (κ2) is 4.31. The number of alkyl halides is 3. The summed E-state index contributed by atoms with van der Waals surface area (Å²) in [6, 6.07) is 2.64. The van der Waals surface area contributed by atoms with Gasteiger partial charge in [0.2, 0.25) is 0 Å². The van der Waals surface area contributed by atoms with E-state index in [4.69, 9.17) is 0 Å². The molecular formula is C8H5BBrF6-. The van der Waals surface area contributed by atoms with E-state index < -0.39 is 30.6 Å². The summed E-state index contributed by atoms with van der Waals surface area (Å²) in [7, 11) is 0. The summed E-state index contributed by atoms with van der Waals surface area (Å²) in [5.41, 5.74) is -2.00. The predicted octanol–water partition coefficient (Wildman–Crippen LogP) is 4.40. The van der Waals surface area contributed by atoms with Crippen molar-refractivity contribution in [3.8, 4) is 0 Å². The van der Waals surface area contributed by atoms with Gasteiger partial charge in [-0.1, -0.05) is 33.9 Å². The average Bonchev–Trinajstić information content (AvgIpc) is 2.04. The molecule has 0 aliphatic carbocycles. The van der Waals surface area contributed by atoms with Crippen molar-refractivity contribution in [3.05, 3.63) is 33.8 Å². The molecule has 0 aromatic heterocycles. The SMILES string of the molecule is F[B-](F)(F)Cc1ccc(Br)cc1C(F)(F)F. The van der Waals surface area contributed by atoms with Crippen molar-refractivity contribution < 1.29 is 26.1 Å². The predicted molar refractivity (Wildman–Crippen MR) is 51.9 cm³/mol. The molecule has 1 aromatic rings. The molecule has 0 aliphatic rings. The second-order valence-electron chi connectivity index (χ2n) is 3.21. The molecule has 0 aliphatic heterocycles. The summed E-state index contributed by atoms with van der Waals surface area (Å²) in [6.07, 6.45) is -6.30. The average molecular weight is 306 g/mol. The van der Waals surface area contributed by atoms with Crippen LogP contribution in [0.3, 0.4) is 0 Å². The molecule has 0 amide bonds. The molecule has 0 N–H and O–H groups in total. The van der Waals surface area contributed by atoms with E-state index in [-0.39, 0.29) is 4.47 Å². The van der Waals surface area contributed by atoms with Gasteiger partial charge in [0.1, 0.15) is 0 Å². The zero-order valence-electron chi connectivity index (χ0n) is 7.66. The van der Waals surface area contributed by atoms with Crippen molar-refractivity contribution in [1.29, 1.82) is 0 Å². The van der Waals surface area contributed by atoms with Crippen LogP contribution in [0.2, 0.25) is 0 Å². The minimum absolute atomic E-state index is 0.0956. The van der Waals surface area contributed by atoms with Crippen LogP contribution in [0.1, 0.15) is 11.1 Å². The van der Waals surface area contributed by atoms with Gasteiger partial charge in [-0.25, -0.2) is 0 Å². The Labute approximate surface area is 95.8 Å². The van der Waals surface area contributed by atoms with Crippen molar-refractivity contribution in [2.75, 3.05) is 0 Å². The van der Waals surface area contributed by atoms with Crippen LogP contribution in [0.25, 0.3) is 0 Å². The van der Waals surface area contributed by atoms with E-state index in [1.54, 1.807) is 0 Å². The monoisotopic (exact) mass is 305 g/mol. The van der Waals surface area contributed by atoms with Gasteiger partial charge in [-0.15, -0.1) is 0 Å². The lowest BCUT2D eigenvalue weighted by molar-refractivity contribution is -0.138. The molecule has 1 rings (SSSR count). The molecule has 0 fully saturated rings. The first-order valence-corrected chi connectivity index (χ1v) is 4.95. The summed E-state index contributed by atoms with van der Waals surface area (Å²) in [6.45, 7) is -5.28. The highest BCUT2D eigenvalue weighted by Gasteiger charge is 2.35. The van der Waals surface area contributed by atoms with Gasteiger partial charge in [-0.3, -0.25) is 0 Å². The van der Waals surface area contributed by atoms with Crippen LogP contribution in [0.4, 0.5) is 26.1 Å². The van der Waals surface area contributed by atoms with Gasteiger partial charge in [-0.2, -0.15) is 13.2 Å². The molecule has 0 atom stereocenters. The van der Waals surface area contributed by atoms with Crippen molar-refractivity contribution in [3.63, 3.8) is 0 Å². The molecule has 0 spiro atoms. The molecule has 0 unspecified atom stereocenters. The molecule has 1 aromatic carbocycles. The third kappa shape index (κ3) is 3.73. The van der Waals surface area contributed by atoms with E-state index >= 15 is 0 Å². The van der Waals surface area contributed by atoms with Crippen molar-refractivity contribution in [2.24, 2.45) is 0 Å². The lowest BCUT2D eigenvalue weighted by Gasteiger charge is -2.18. The Bertz CT molecular complexity index is 383. The Morgan fingerprint density at radius 1 is 1.12 bits per heavy atom. The fourth-order valence-electron chi connectivity index (χ4n) is 1.24. The Kier molecular flexibility index (Phi) is 3.61. The Morgan fingerprint density at radius 2 is 1.69 bits per heavy atom. The Morgan fingerprint density at radius 3 is 2.12 bits per heavy atom. The summed E-state index contributed by atoms with van der Waals surface area (Å²) in [5, 5.41) is 0. The summed E-state index contributed by atoms with van der Waals surface area (Å²) in [5.74, 6) is 0. The van der Waals surface area contributed by atoms with Gasteiger partial charge in [0, 0.05) is 4.47 Å². The summed E-state index contributed by atoms with van der Waals surface area (Å²) >= 11 is 2.79. The third-order valence-corrected chi connectivity index (χ3v) is 2.32. The van der Waals surface area contributed by atoms with Crippen LogP contribution < -0.4 is 0 Å². The maximum Gasteiger partial charge on any atom is 0.482 e. The molecule has 16 heavy (non-hydrogen) atoms. The first kappa shape index (κ1) is 13.4. The quantitative estimate of drug-likeness (QED) is 0.561. The second-order valence-corrected chi connectivity index (χ2v) is 4.13. The van der Waals surface area contributed by atoms with E-state index in [0.29, 0.717) is 6.07 Å². The normalized spacial score (nSPS) is 12.9. The molecule has 0 bridgehead atoms. The van der Waals surface area contributed by atoms with E-state index in [1.165, 1.54) is 0 Å². The van der Waals surface area contributed by atoms with E-state index in [0.717, 1.165) is 12.1 Å². The fraction of sp³-hybridized carbons (Fsp3) is 0.250. The topological polar surface area (TPSA) is 0 Å². The van der Waals surface area contributed by atoms with Gasteiger partial charge in [-0.05, 0) is 12.1 Å². The third-order valence-electron chi connectivity index (χ3n) is 1.83. The summed E-state index contributed by atoms with van der Waals surface area (Å²) in [4.78, 5) is 0. The molecule has 90 valence electrons. The Hall–Kier alpha value is -0.655. The molecule has 0 saturated heterocycles. The molecule has 0 heterocycles. The number of benzene rings is 1. The van der Waals surface area contributed by atoms with Crippen LogP contribution >= 0.6 is 15.9 Å². The van der Waals surface area contributed by atoms with Gasteiger partial charge in [0.15, 0.2) is 0 Å². The van der Waals surface area contributed by atoms with Crippen LogP contribution in [0.15, 0.2) is 22.7 Å². The highest BCUT2D eigenvalue weighted by Crippen LogP contribution is 2.35. The zero-order chi connectivity index (χ0) is 12.6. The van der Waals surface area contributed by atoms with E-state index in [9.17, 15) is 26.1 Å². The highest BCUT2D eigenvalue weighted by atomic mass is 79.9. The van der Waals surface area contributed by atoms with E-state index in [1.807, 2.05) is 0 Å². The minimum atomic E-state index is -5.28. The standard InChI is InChI=1S/C8H5BBrF6/c10-6-2-1-5(4-9(14,15)16)7(3-6)8(11,12)13/h1-3H,4H2/q-1. The number of hydrogen-bond donors (Lipinski definition) is 0. The van der Waals surface area contributed by atoms with Gasteiger partial charge in [0.25, 0.3) is 0 Å². The molecule has 0 radical (unpaired) electrons. The lowest BCUT2D eigenvalue weighted by Crippen LogP contribution is -2.22. The van der Waals surface area contributed by atoms with Crippen molar-refractivity contribution in [2.45, 2.75) is 12.5 Å². The number of halogens is 7. The van der Waals surface area contributed by atoms with E-state index in [2.05, 4.69) is 15.9 Å². The molecule has 0 saturated carbocycles. The molecular weight excluding hydrogens is 301 g/mol. The fourth-order valence-corrected chi connectivity index (χ4v) is 1.60. The zero-order valence-corrected chi connectivity index (χ0v) is 9.25. The van der Waals surface area contributed by atoms with Crippen LogP contribution in [0.5, 0.6) is 0 Å². The van der Waals surface area contributed by atoms with Gasteiger partial charge in [0.05, 0.1) is 5.56 Å². The van der Waals surface area contributed by atoms with Gasteiger partial charge >= 0.3 is 13.2 Å². The van der Waals surface area contributed by atoms with Gasteiger partial charge < -0.3 is 12.9 Å². The minimum Gasteiger partial charge on any atom is -0.449 e. The smallest absolute Gasteiger partial charge is 0.449 e. The number of hydrogen-bond acceptors (Lipinski definition) is 0. The number of rotatable bonds is 2. The van der Waals surface area contributed by atoms with Crippen LogP contribution in [-0.2, 0) is 12.5 Å². The van der Waals surface area contributed by atoms with Crippen molar-refractivity contribution >= 4 is 22.9 Å². The molecule has 8 heteroatoms. The highest BCUT2D eigenvalue weighted by molar-refractivity contribution is 9.10. The summed E-state index contributed by atoms with van der Waals surface area (Å²) < 4.78 is 73.6. The van der Waals surface area contributed by atoms with Crippen molar-refractivity contribution in [1.82, 2.24) is 0 Å². The largest absolute Gasteiger partial charge is 0.482 e. The first-order chi connectivity index (χ1) is 7.09. The Balaban J connectivity index is 3.19. The maximum atomic E-state index is 12.4. The molecule has 0 nitrogen and oxygen atoms in total. The van der Waals surface area contributed by atoms with Crippen LogP contribution in [-0.4, -0.2) is 6.98 Å².